The zero-order valence-electron chi connectivity index (χ0n) is 18.3. The van der Waals surface area contributed by atoms with Crippen molar-refractivity contribution in [2.45, 2.75) is 51.3 Å². The predicted octanol–water partition coefficient (Wildman–Crippen LogP) is 3.14. The molecule has 2 aromatic heterocycles. The van der Waals surface area contributed by atoms with Crippen LogP contribution in [0.15, 0.2) is 36.5 Å². The highest BCUT2D eigenvalue weighted by Crippen LogP contribution is 2.33. The summed E-state index contributed by atoms with van der Waals surface area (Å²) in [6.07, 6.45) is 4.01. The van der Waals surface area contributed by atoms with E-state index in [1.807, 2.05) is 42.8 Å². The van der Waals surface area contributed by atoms with Gasteiger partial charge in [-0.05, 0) is 51.8 Å². The molecule has 1 saturated heterocycles. The number of carbonyl (C=O) groups is 1. The summed E-state index contributed by atoms with van der Waals surface area (Å²) in [6.45, 7) is 5.79. The van der Waals surface area contributed by atoms with Crippen molar-refractivity contribution >= 4 is 26.8 Å². The number of ether oxygens (including phenoxy) is 1. The van der Waals surface area contributed by atoms with E-state index in [0.29, 0.717) is 17.2 Å². The van der Waals surface area contributed by atoms with Crippen LogP contribution in [-0.4, -0.2) is 52.2 Å². The van der Waals surface area contributed by atoms with E-state index in [2.05, 4.69) is 10.3 Å². The Labute approximate surface area is 186 Å². The van der Waals surface area contributed by atoms with Crippen LogP contribution in [0.3, 0.4) is 0 Å². The topological polar surface area (TPSA) is 103 Å². The van der Waals surface area contributed by atoms with E-state index < -0.39 is 15.4 Å². The molecule has 1 N–H and O–H groups in total. The van der Waals surface area contributed by atoms with E-state index in [9.17, 15) is 13.2 Å². The monoisotopic (exact) mass is 454 g/mol. The number of benzene rings is 1. The first kappa shape index (κ1) is 20.9. The molecule has 3 heterocycles. The number of hydrogen-bond acceptors (Lipinski definition) is 6. The van der Waals surface area contributed by atoms with Gasteiger partial charge in [-0.25, -0.2) is 8.42 Å². The maximum atomic E-state index is 12.8. The fourth-order valence-corrected chi connectivity index (χ4v) is 6.17. The third-order valence-electron chi connectivity index (χ3n) is 5.72. The molecule has 0 unspecified atom stereocenters. The molecule has 0 spiro atoms. The van der Waals surface area contributed by atoms with E-state index in [1.165, 1.54) is 6.20 Å². The summed E-state index contributed by atoms with van der Waals surface area (Å²) in [5.74, 6) is 0.385. The van der Waals surface area contributed by atoms with E-state index in [1.54, 1.807) is 13.0 Å². The molecule has 1 aromatic carbocycles. The van der Waals surface area contributed by atoms with Crippen LogP contribution in [0.5, 0.6) is 5.75 Å². The van der Waals surface area contributed by atoms with Crippen LogP contribution in [0.25, 0.3) is 22.3 Å². The van der Waals surface area contributed by atoms with E-state index in [-0.39, 0.29) is 23.5 Å². The van der Waals surface area contributed by atoms with Crippen LogP contribution in [0, 0.1) is 0 Å². The van der Waals surface area contributed by atoms with Crippen molar-refractivity contribution in [3.63, 3.8) is 0 Å². The van der Waals surface area contributed by atoms with Crippen LogP contribution in [0.1, 0.15) is 50.0 Å². The number of hydrogen-bond donors (Lipinski definition) is 1. The van der Waals surface area contributed by atoms with Crippen molar-refractivity contribution in [3.05, 3.63) is 42.1 Å². The van der Waals surface area contributed by atoms with Gasteiger partial charge >= 0.3 is 0 Å². The largest absolute Gasteiger partial charge is 0.490 e. The van der Waals surface area contributed by atoms with E-state index >= 15 is 0 Å². The molecule has 2 aliphatic rings. The number of nitrogens with one attached hydrogen (secondary N) is 1. The highest BCUT2D eigenvalue weighted by Gasteiger charge is 2.45. The molecule has 0 bridgehead atoms. The summed E-state index contributed by atoms with van der Waals surface area (Å²) >= 11 is 0. The average molecular weight is 455 g/mol. The van der Waals surface area contributed by atoms with Gasteiger partial charge in [-0.3, -0.25) is 14.5 Å². The lowest BCUT2D eigenvalue weighted by molar-refractivity contribution is 0.0916. The molecule has 1 aliphatic carbocycles. The third-order valence-corrected chi connectivity index (χ3v) is 7.88. The number of fused-ring (bicyclic) bond motifs is 1. The number of amides is 1. The first-order chi connectivity index (χ1) is 15.1. The molecular weight excluding hydrogens is 428 g/mol. The lowest BCUT2D eigenvalue weighted by atomic mass is 10.1. The Balaban J connectivity index is 1.49. The second kappa shape index (κ2) is 7.30. The lowest BCUT2D eigenvalue weighted by Crippen LogP contribution is -2.63. The fourth-order valence-electron chi connectivity index (χ4n) is 4.17. The van der Waals surface area contributed by atoms with Crippen LogP contribution >= 0.6 is 0 Å². The lowest BCUT2D eigenvalue weighted by Gasteiger charge is -2.38. The van der Waals surface area contributed by atoms with Gasteiger partial charge in [-0.15, -0.1) is 0 Å². The van der Waals surface area contributed by atoms with Gasteiger partial charge in [-0.1, -0.05) is 12.1 Å². The Morgan fingerprint density at radius 3 is 2.66 bits per heavy atom. The second-order valence-corrected chi connectivity index (χ2v) is 11.4. The molecular formula is C23H26N4O4S. The van der Waals surface area contributed by atoms with Crippen molar-refractivity contribution in [2.24, 2.45) is 0 Å². The van der Waals surface area contributed by atoms with Gasteiger partial charge in [0.15, 0.2) is 9.84 Å². The zero-order valence-corrected chi connectivity index (χ0v) is 19.1. The van der Waals surface area contributed by atoms with Gasteiger partial charge in [0.25, 0.3) is 5.91 Å². The maximum Gasteiger partial charge on any atom is 0.253 e. The average Bonchev–Trinajstić information content (AvgIpc) is 3.42. The van der Waals surface area contributed by atoms with Crippen LogP contribution in [0.2, 0.25) is 0 Å². The number of pyridine rings is 1. The summed E-state index contributed by atoms with van der Waals surface area (Å²) in [5, 5.41) is 7.65. The Morgan fingerprint density at radius 1 is 1.25 bits per heavy atom. The highest BCUT2D eigenvalue weighted by molar-refractivity contribution is 7.93. The molecule has 0 radical (unpaired) electrons. The molecule has 8 nitrogen and oxygen atoms in total. The molecule has 1 amide bonds. The van der Waals surface area contributed by atoms with Gasteiger partial charge < -0.3 is 10.1 Å². The van der Waals surface area contributed by atoms with Gasteiger partial charge in [0, 0.05) is 17.8 Å². The molecule has 0 atom stereocenters. The number of aromatic nitrogens is 3. The van der Waals surface area contributed by atoms with Crippen molar-refractivity contribution in [3.8, 4) is 17.0 Å². The molecule has 2 fully saturated rings. The summed E-state index contributed by atoms with van der Waals surface area (Å²) in [7, 11) is -3.06. The number of sulfone groups is 1. The minimum Gasteiger partial charge on any atom is -0.490 e. The Hall–Kier alpha value is -2.94. The van der Waals surface area contributed by atoms with Gasteiger partial charge in [0.05, 0.1) is 34.2 Å². The van der Waals surface area contributed by atoms with E-state index in [4.69, 9.17) is 9.84 Å². The Morgan fingerprint density at radius 2 is 2.00 bits per heavy atom. The maximum absolute atomic E-state index is 12.8. The predicted molar refractivity (Wildman–Crippen MR) is 122 cm³/mol. The van der Waals surface area contributed by atoms with Gasteiger partial charge in [-0.2, -0.15) is 5.10 Å². The molecule has 32 heavy (non-hydrogen) atoms. The first-order valence-electron chi connectivity index (χ1n) is 10.8. The van der Waals surface area contributed by atoms with Crippen LogP contribution in [-0.2, 0) is 9.84 Å². The van der Waals surface area contributed by atoms with Crippen molar-refractivity contribution < 1.29 is 17.9 Å². The SMILES string of the molecule is CC(C)n1nc(-c2cccc(OC3CC3)c2)c2ncc(C(=O)NC3(C)CS(=O)(=O)C3)cc21. The number of rotatable bonds is 6. The molecule has 1 aliphatic heterocycles. The van der Waals surface area contributed by atoms with Crippen molar-refractivity contribution in [1.29, 1.82) is 0 Å². The van der Waals surface area contributed by atoms with Crippen molar-refractivity contribution in [2.75, 3.05) is 11.5 Å². The van der Waals surface area contributed by atoms with Gasteiger partial charge in [0.1, 0.15) is 17.0 Å². The fraction of sp³-hybridized carbons (Fsp3) is 0.435. The second-order valence-electron chi connectivity index (χ2n) is 9.37. The summed E-state index contributed by atoms with van der Waals surface area (Å²) < 4.78 is 30.9. The minimum atomic E-state index is -3.06. The minimum absolute atomic E-state index is 0.0469. The number of carbonyl (C=O) groups excluding carboxylic acids is 1. The smallest absolute Gasteiger partial charge is 0.253 e. The van der Waals surface area contributed by atoms with Crippen molar-refractivity contribution in [1.82, 2.24) is 20.1 Å². The first-order valence-corrected chi connectivity index (χ1v) is 12.6. The summed E-state index contributed by atoms with van der Waals surface area (Å²) in [6, 6.07) is 9.68. The molecule has 1 saturated carbocycles. The normalized spacial score (nSPS) is 19.0. The van der Waals surface area contributed by atoms with Gasteiger partial charge in [0.2, 0.25) is 0 Å². The van der Waals surface area contributed by atoms with E-state index in [0.717, 1.165) is 35.4 Å². The summed E-state index contributed by atoms with van der Waals surface area (Å²) in [4.78, 5) is 17.4. The van der Waals surface area contributed by atoms with Crippen LogP contribution in [0.4, 0.5) is 0 Å². The quantitative estimate of drug-likeness (QED) is 0.614. The Bertz CT molecular complexity index is 1310. The third kappa shape index (κ3) is 3.97. The van der Waals surface area contributed by atoms with Crippen LogP contribution < -0.4 is 10.1 Å². The zero-order chi connectivity index (χ0) is 22.7. The molecule has 168 valence electrons. The molecule has 9 heteroatoms. The standard InChI is InChI=1S/C23H26N4O4S/c1-14(2)27-19-10-16(22(28)25-23(3)12-32(29,30)13-23)11-24-21(19)20(26-27)15-5-4-6-18(9-15)31-17-7-8-17/h4-6,9-11,14,17H,7-8,12-13H2,1-3H3,(H,25,28). The molecule has 3 aromatic rings. The number of nitrogens with zero attached hydrogens (tertiary/aromatic N) is 3. The molecule has 5 rings (SSSR count). The summed E-state index contributed by atoms with van der Waals surface area (Å²) in [5.41, 5.74) is 2.74. The highest BCUT2D eigenvalue weighted by atomic mass is 32.2. The Kier molecular flexibility index (Phi) is 4.77.